The molecule has 0 saturated carbocycles. The van der Waals surface area contributed by atoms with Gasteiger partial charge in [0.05, 0.1) is 50.3 Å². The summed E-state index contributed by atoms with van der Waals surface area (Å²) < 4.78 is 31.2. The molecule has 0 saturated heterocycles. The van der Waals surface area contributed by atoms with Crippen molar-refractivity contribution in [3.8, 4) is 23.0 Å². The van der Waals surface area contributed by atoms with Crippen LogP contribution in [0.1, 0.15) is 22.3 Å². The molecule has 2 aromatic carbocycles. The van der Waals surface area contributed by atoms with Gasteiger partial charge in [-0.1, -0.05) is 0 Å². The molecule has 0 amide bonds. The van der Waals surface area contributed by atoms with E-state index < -0.39 is 23.3 Å². The number of carbonyl (C=O) groups is 2. The minimum Gasteiger partial charge on any atom is -0.493 e. The van der Waals surface area contributed by atoms with Crippen molar-refractivity contribution in [2.24, 2.45) is 0 Å². The summed E-state index contributed by atoms with van der Waals surface area (Å²) in [5.41, 5.74) is 0.247. The number of fused-ring (bicyclic) bond motifs is 2. The molecule has 1 aliphatic heterocycles. The highest BCUT2D eigenvalue weighted by Gasteiger charge is 2.27. The van der Waals surface area contributed by atoms with Gasteiger partial charge in [0.25, 0.3) is 0 Å². The fourth-order valence-corrected chi connectivity index (χ4v) is 3.36. The molecule has 1 N–H and O–H groups in total. The summed E-state index contributed by atoms with van der Waals surface area (Å²) in [6, 6.07) is 5.97. The Morgan fingerprint density at radius 1 is 0.879 bits per heavy atom. The average molecular weight is 457 g/mol. The van der Waals surface area contributed by atoms with Crippen LogP contribution in [0.5, 0.6) is 23.0 Å². The summed E-state index contributed by atoms with van der Waals surface area (Å²) >= 11 is 0. The molecule has 1 aromatic heterocycles. The van der Waals surface area contributed by atoms with Crippen LogP contribution < -0.4 is 30.3 Å². The first-order chi connectivity index (χ1) is 15.9. The number of carbonyl (C=O) groups excluding carboxylic acids is 2. The van der Waals surface area contributed by atoms with Gasteiger partial charge in [0.1, 0.15) is 0 Å². The zero-order chi connectivity index (χ0) is 23.5. The summed E-state index contributed by atoms with van der Waals surface area (Å²) in [7, 11) is 2.86. The Balaban J connectivity index is 1.42. The largest absolute Gasteiger partial charge is 0.493 e. The van der Waals surface area contributed by atoms with Crippen LogP contribution in [0.15, 0.2) is 38.3 Å². The topological polar surface area (TPSA) is 143 Å². The minimum absolute atomic E-state index is 0.0350. The summed E-state index contributed by atoms with van der Waals surface area (Å²) in [6.07, 6.45) is 0.419. The van der Waals surface area contributed by atoms with E-state index in [9.17, 15) is 19.2 Å². The van der Waals surface area contributed by atoms with E-state index in [1.54, 1.807) is 6.07 Å². The molecular weight excluding hydrogens is 438 g/mol. The predicted molar refractivity (Wildman–Crippen MR) is 112 cm³/mol. The molecule has 0 bridgehead atoms. The summed E-state index contributed by atoms with van der Waals surface area (Å²) in [5, 5.41) is 0.156. The molecule has 0 aliphatic carbocycles. The molecule has 11 heteroatoms. The molecule has 0 spiro atoms. The fraction of sp³-hybridized carbons (Fsp3) is 0.273. The van der Waals surface area contributed by atoms with E-state index in [4.69, 9.17) is 18.9 Å². The second-order valence-electron chi connectivity index (χ2n) is 7.00. The van der Waals surface area contributed by atoms with Crippen molar-refractivity contribution >= 4 is 22.8 Å². The number of H-pyrrole nitrogens is 1. The van der Waals surface area contributed by atoms with E-state index in [1.165, 1.54) is 32.4 Å². The van der Waals surface area contributed by atoms with Gasteiger partial charge in [-0.25, -0.2) is 14.4 Å². The van der Waals surface area contributed by atoms with Crippen LogP contribution in [0, 0.1) is 0 Å². The number of benzene rings is 2. The van der Waals surface area contributed by atoms with Gasteiger partial charge in [0.15, 0.2) is 23.0 Å². The number of hydrogen-bond donors (Lipinski definition) is 1. The standard InChI is InChI=1S/C22H19NO10/c1-28-15-8-12-11(7-19(24)32-20(12)25)6-17(15)30-4-3-5-31-18-10-14-13(9-16(18)29-2)21(26)33-22(27)23-14/h6,8-10H,3-5,7H2,1-2H3,(H,23,27). The maximum Gasteiger partial charge on any atom is 0.419 e. The highest BCUT2D eigenvalue weighted by Crippen LogP contribution is 2.34. The monoisotopic (exact) mass is 457 g/mol. The van der Waals surface area contributed by atoms with Gasteiger partial charge in [-0.2, -0.15) is 0 Å². The molecule has 1 aliphatic rings. The zero-order valence-corrected chi connectivity index (χ0v) is 17.7. The third kappa shape index (κ3) is 4.52. The molecule has 33 heavy (non-hydrogen) atoms. The Morgan fingerprint density at radius 3 is 2.24 bits per heavy atom. The molecule has 0 unspecified atom stereocenters. The van der Waals surface area contributed by atoms with Crippen molar-refractivity contribution in [2.75, 3.05) is 27.4 Å². The van der Waals surface area contributed by atoms with Gasteiger partial charge in [0.2, 0.25) is 0 Å². The molecule has 4 rings (SSSR count). The van der Waals surface area contributed by atoms with Crippen molar-refractivity contribution in [3.63, 3.8) is 0 Å². The molecular formula is C22H19NO10. The van der Waals surface area contributed by atoms with Crippen molar-refractivity contribution in [1.82, 2.24) is 4.98 Å². The number of hydrogen-bond acceptors (Lipinski definition) is 10. The summed E-state index contributed by atoms with van der Waals surface area (Å²) in [6.45, 7) is 0.468. The Morgan fingerprint density at radius 2 is 1.55 bits per heavy atom. The molecule has 11 nitrogen and oxygen atoms in total. The number of aromatic nitrogens is 1. The number of aromatic amines is 1. The van der Waals surface area contributed by atoms with Crippen LogP contribution in [-0.4, -0.2) is 44.4 Å². The highest BCUT2D eigenvalue weighted by molar-refractivity contribution is 6.03. The minimum atomic E-state index is -0.869. The van der Waals surface area contributed by atoms with E-state index in [-0.39, 0.29) is 36.1 Å². The Kier molecular flexibility index (Phi) is 6.03. The molecule has 3 aromatic rings. The first kappa shape index (κ1) is 21.9. The number of cyclic esters (lactones) is 2. The normalized spacial score (nSPS) is 12.8. The Labute approximate surface area is 185 Å². The number of methoxy groups -OCH3 is 2. The quantitative estimate of drug-likeness (QED) is 0.301. The van der Waals surface area contributed by atoms with E-state index >= 15 is 0 Å². The number of esters is 2. The van der Waals surface area contributed by atoms with E-state index in [0.717, 1.165) is 0 Å². The van der Waals surface area contributed by atoms with Gasteiger partial charge < -0.3 is 28.1 Å². The van der Waals surface area contributed by atoms with Gasteiger partial charge >= 0.3 is 23.3 Å². The number of nitrogens with one attached hydrogen (secondary N) is 1. The zero-order valence-electron chi connectivity index (χ0n) is 17.7. The highest BCUT2D eigenvalue weighted by atomic mass is 16.6. The van der Waals surface area contributed by atoms with Crippen LogP contribution in [0.2, 0.25) is 0 Å². The lowest BCUT2D eigenvalue weighted by molar-refractivity contribution is -0.137. The summed E-state index contributed by atoms with van der Waals surface area (Å²) in [4.78, 5) is 49.1. The van der Waals surface area contributed by atoms with Crippen LogP contribution in [0.3, 0.4) is 0 Å². The maximum absolute atomic E-state index is 11.9. The first-order valence-corrected chi connectivity index (χ1v) is 9.86. The SMILES string of the molecule is COc1cc2c(cc1OCCCOc1cc3[nH]c(=O)oc(=O)c3cc1OC)CC(=O)OC2=O. The molecule has 172 valence electrons. The van der Waals surface area contributed by atoms with Gasteiger partial charge in [-0.15, -0.1) is 0 Å². The fourth-order valence-electron chi connectivity index (χ4n) is 3.36. The van der Waals surface area contributed by atoms with Crippen LogP contribution >= 0.6 is 0 Å². The van der Waals surface area contributed by atoms with E-state index in [1.807, 2.05) is 0 Å². The van der Waals surface area contributed by atoms with E-state index in [2.05, 4.69) is 14.1 Å². The Bertz CT molecular complexity index is 1350. The summed E-state index contributed by atoms with van der Waals surface area (Å²) in [5.74, 6) is -0.869. The lowest BCUT2D eigenvalue weighted by Gasteiger charge is -2.18. The molecule has 0 radical (unpaired) electrons. The van der Waals surface area contributed by atoms with Gasteiger partial charge in [-0.05, 0) is 17.7 Å². The van der Waals surface area contributed by atoms with Crippen molar-refractivity contribution in [1.29, 1.82) is 0 Å². The molecule has 0 atom stereocenters. The molecule has 0 fully saturated rings. The first-order valence-electron chi connectivity index (χ1n) is 9.86. The lowest BCUT2D eigenvalue weighted by Crippen LogP contribution is -2.23. The second kappa shape index (κ2) is 9.07. The van der Waals surface area contributed by atoms with Crippen molar-refractivity contribution < 1.29 is 37.7 Å². The van der Waals surface area contributed by atoms with Crippen LogP contribution in [0.4, 0.5) is 0 Å². The molecule has 2 heterocycles. The smallest absolute Gasteiger partial charge is 0.419 e. The number of rotatable bonds is 8. The van der Waals surface area contributed by atoms with Crippen molar-refractivity contribution in [3.05, 3.63) is 56.4 Å². The maximum atomic E-state index is 11.9. The Hall–Kier alpha value is -4.28. The van der Waals surface area contributed by atoms with Gasteiger partial charge in [0, 0.05) is 18.6 Å². The third-order valence-corrected chi connectivity index (χ3v) is 4.90. The lowest BCUT2D eigenvalue weighted by atomic mass is 10.0. The predicted octanol–water partition coefficient (Wildman–Crippen LogP) is 1.59. The number of ether oxygens (including phenoxy) is 5. The van der Waals surface area contributed by atoms with Crippen molar-refractivity contribution in [2.45, 2.75) is 12.8 Å². The second-order valence-corrected chi connectivity index (χ2v) is 7.00. The van der Waals surface area contributed by atoms with Crippen LogP contribution in [0.25, 0.3) is 10.9 Å². The van der Waals surface area contributed by atoms with E-state index in [0.29, 0.717) is 35.0 Å². The van der Waals surface area contributed by atoms with Gasteiger partial charge in [-0.3, -0.25) is 9.78 Å². The van der Waals surface area contributed by atoms with Crippen LogP contribution in [-0.2, 0) is 16.0 Å². The third-order valence-electron chi connectivity index (χ3n) is 4.90. The average Bonchev–Trinajstić information content (AvgIpc) is 2.77.